The summed E-state index contributed by atoms with van der Waals surface area (Å²) in [6, 6.07) is 6.12. The van der Waals surface area contributed by atoms with Crippen LogP contribution in [0, 0.1) is 12.7 Å². The SMILES string of the molecule is Cc1oc(-c2ccc(F)cc2)nc1CN1CCC[C@@H](O)C1. The highest BCUT2D eigenvalue weighted by Gasteiger charge is 2.20. The van der Waals surface area contributed by atoms with Gasteiger partial charge in [0.1, 0.15) is 11.6 Å². The minimum Gasteiger partial charge on any atom is -0.441 e. The van der Waals surface area contributed by atoms with Gasteiger partial charge in [0.15, 0.2) is 0 Å². The number of aromatic nitrogens is 1. The van der Waals surface area contributed by atoms with Gasteiger partial charge < -0.3 is 9.52 Å². The fourth-order valence-electron chi connectivity index (χ4n) is 2.68. The number of hydrogen-bond donors (Lipinski definition) is 1. The van der Waals surface area contributed by atoms with E-state index in [1.165, 1.54) is 12.1 Å². The van der Waals surface area contributed by atoms with Crippen molar-refractivity contribution in [3.63, 3.8) is 0 Å². The van der Waals surface area contributed by atoms with Crippen LogP contribution in [0.3, 0.4) is 0 Å². The van der Waals surface area contributed by atoms with Gasteiger partial charge in [-0.3, -0.25) is 4.90 Å². The summed E-state index contributed by atoms with van der Waals surface area (Å²) in [5.41, 5.74) is 1.65. The maximum atomic E-state index is 13.0. The van der Waals surface area contributed by atoms with Gasteiger partial charge in [0, 0.05) is 18.7 Å². The third-order valence-electron chi connectivity index (χ3n) is 3.84. The van der Waals surface area contributed by atoms with Gasteiger partial charge in [0.25, 0.3) is 0 Å². The highest BCUT2D eigenvalue weighted by molar-refractivity contribution is 5.53. The second-order valence-corrected chi connectivity index (χ2v) is 5.56. The van der Waals surface area contributed by atoms with E-state index in [0.29, 0.717) is 19.0 Å². The highest BCUT2D eigenvalue weighted by Crippen LogP contribution is 2.23. The van der Waals surface area contributed by atoms with E-state index in [4.69, 9.17) is 4.42 Å². The summed E-state index contributed by atoms with van der Waals surface area (Å²) in [5, 5.41) is 9.72. The molecule has 2 heterocycles. The minimum atomic E-state index is -0.274. The van der Waals surface area contributed by atoms with Crippen LogP contribution in [0.4, 0.5) is 4.39 Å². The standard InChI is InChI=1S/C16H19FN2O2/c1-11-15(10-19-8-2-3-14(20)9-19)18-16(21-11)12-4-6-13(17)7-5-12/h4-7,14,20H,2-3,8-10H2,1H3/t14-/m1/s1. The van der Waals surface area contributed by atoms with Crippen LogP contribution in [-0.2, 0) is 6.54 Å². The molecular weight excluding hydrogens is 271 g/mol. The number of β-amino-alcohol motifs (C(OH)–C–C–N with tert-alkyl or cyclic N) is 1. The Morgan fingerprint density at radius 1 is 1.38 bits per heavy atom. The van der Waals surface area contributed by atoms with Crippen LogP contribution in [0.5, 0.6) is 0 Å². The number of hydrogen-bond acceptors (Lipinski definition) is 4. The zero-order chi connectivity index (χ0) is 14.8. The number of piperidine rings is 1. The summed E-state index contributed by atoms with van der Waals surface area (Å²) >= 11 is 0. The molecule has 1 saturated heterocycles. The van der Waals surface area contributed by atoms with Gasteiger partial charge in [-0.15, -0.1) is 0 Å². The second-order valence-electron chi connectivity index (χ2n) is 5.56. The molecule has 0 radical (unpaired) electrons. The topological polar surface area (TPSA) is 49.5 Å². The van der Waals surface area contributed by atoms with Crippen LogP contribution < -0.4 is 0 Å². The lowest BCUT2D eigenvalue weighted by Crippen LogP contribution is -2.37. The molecule has 5 heteroatoms. The summed E-state index contributed by atoms with van der Waals surface area (Å²) in [7, 11) is 0. The molecule has 21 heavy (non-hydrogen) atoms. The Labute approximate surface area is 123 Å². The molecule has 0 spiro atoms. The molecule has 1 fully saturated rings. The molecule has 1 atom stereocenters. The molecule has 2 aromatic rings. The lowest BCUT2D eigenvalue weighted by atomic mass is 10.1. The third kappa shape index (κ3) is 3.31. The van der Waals surface area contributed by atoms with Gasteiger partial charge in [-0.05, 0) is 50.6 Å². The van der Waals surface area contributed by atoms with Gasteiger partial charge >= 0.3 is 0 Å². The second kappa shape index (κ2) is 5.95. The number of rotatable bonds is 3. The molecule has 0 aliphatic carbocycles. The predicted octanol–water partition coefficient (Wildman–Crippen LogP) is 2.75. The molecule has 112 valence electrons. The van der Waals surface area contributed by atoms with E-state index in [1.807, 2.05) is 6.92 Å². The average molecular weight is 290 g/mol. The molecule has 1 aromatic carbocycles. The van der Waals surface area contributed by atoms with E-state index < -0.39 is 0 Å². The number of halogens is 1. The molecule has 1 aliphatic rings. The maximum absolute atomic E-state index is 13.0. The summed E-state index contributed by atoms with van der Waals surface area (Å²) in [4.78, 5) is 6.70. The largest absolute Gasteiger partial charge is 0.441 e. The van der Waals surface area contributed by atoms with E-state index in [1.54, 1.807) is 12.1 Å². The van der Waals surface area contributed by atoms with Crippen LogP contribution in [0.25, 0.3) is 11.5 Å². The Morgan fingerprint density at radius 2 is 2.14 bits per heavy atom. The first-order valence-corrected chi connectivity index (χ1v) is 7.24. The van der Waals surface area contributed by atoms with Crippen molar-refractivity contribution in [2.45, 2.75) is 32.4 Å². The van der Waals surface area contributed by atoms with Gasteiger partial charge in [0.2, 0.25) is 5.89 Å². The van der Waals surface area contributed by atoms with Crippen molar-refractivity contribution in [2.24, 2.45) is 0 Å². The van der Waals surface area contributed by atoms with E-state index in [9.17, 15) is 9.50 Å². The summed E-state index contributed by atoms with van der Waals surface area (Å²) in [5.74, 6) is 1.01. The van der Waals surface area contributed by atoms with Gasteiger partial charge in [-0.25, -0.2) is 9.37 Å². The van der Waals surface area contributed by atoms with E-state index in [0.717, 1.165) is 36.4 Å². The van der Waals surface area contributed by atoms with Gasteiger partial charge in [0.05, 0.1) is 11.8 Å². The smallest absolute Gasteiger partial charge is 0.226 e. The Hall–Kier alpha value is -1.72. The summed E-state index contributed by atoms with van der Waals surface area (Å²) < 4.78 is 18.6. The van der Waals surface area contributed by atoms with Crippen molar-refractivity contribution in [1.82, 2.24) is 9.88 Å². The Balaban J connectivity index is 1.76. The molecule has 3 rings (SSSR count). The van der Waals surface area contributed by atoms with Gasteiger partial charge in [-0.1, -0.05) is 0 Å². The molecule has 4 nitrogen and oxygen atoms in total. The van der Waals surface area contributed by atoms with Crippen LogP contribution in [0.2, 0.25) is 0 Å². The Bertz CT molecular complexity index is 609. The number of oxazole rings is 1. The summed E-state index contributed by atoms with van der Waals surface area (Å²) in [6.07, 6.45) is 1.63. The van der Waals surface area contributed by atoms with Crippen molar-refractivity contribution in [3.8, 4) is 11.5 Å². The van der Waals surface area contributed by atoms with Crippen LogP contribution >= 0.6 is 0 Å². The van der Waals surface area contributed by atoms with Gasteiger partial charge in [-0.2, -0.15) is 0 Å². The molecule has 1 N–H and O–H groups in total. The van der Waals surface area contributed by atoms with Crippen molar-refractivity contribution < 1.29 is 13.9 Å². The minimum absolute atomic E-state index is 0.248. The quantitative estimate of drug-likeness (QED) is 0.944. The first kappa shape index (κ1) is 14.2. The fourth-order valence-corrected chi connectivity index (χ4v) is 2.68. The number of benzene rings is 1. The van der Waals surface area contributed by atoms with Crippen molar-refractivity contribution in [1.29, 1.82) is 0 Å². The molecule has 1 aromatic heterocycles. The van der Waals surface area contributed by atoms with Crippen molar-refractivity contribution in [2.75, 3.05) is 13.1 Å². The summed E-state index contributed by atoms with van der Waals surface area (Å²) in [6.45, 7) is 4.21. The number of likely N-dealkylation sites (tertiary alicyclic amines) is 1. The first-order chi connectivity index (χ1) is 10.1. The highest BCUT2D eigenvalue weighted by atomic mass is 19.1. The fraction of sp³-hybridized carbons (Fsp3) is 0.438. The van der Waals surface area contributed by atoms with E-state index in [-0.39, 0.29) is 11.9 Å². The van der Waals surface area contributed by atoms with E-state index >= 15 is 0 Å². The molecule has 0 amide bonds. The maximum Gasteiger partial charge on any atom is 0.226 e. The molecule has 0 unspecified atom stereocenters. The van der Waals surface area contributed by atoms with Crippen molar-refractivity contribution >= 4 is 0 Å². The number of aryl methyl sites for hydroxylation is 1. The number of nitrogens with zero attached hydrogens (tertiary/aromatic N) is 2. The molecular formula is C16H19FN2O2. The molecule has 0 bridgehead atoms. The third-order valence-corrected chi connectivity index (χ3v) is 3.84. The molecule has 0 saturated carbocycles. The van der Waals surface area contributed by atoms with E-state index in [2.05, 4.69) is 9.88 Å². The number of aliphatic hydroxyl groups excluding tert-OH is 1. The first-order valence-electron chi connectivity index (χ1n) is 7.24. The average Bonchev–Trinajstić information content (AvgIpc) is 2.81. The zero-order valence-electron chi connectivity index (χ0n) is 12.1. The Morgan fingerprint density at radius 3 is 2.86 bits per heavy atom. The lowest BCUT2D eigenvalue weighted by molar-refractivity contribution is 0.0660. The zero-order valence-corrected chi connectivity index (χ0v) is 12.1. The van der Waals surface area contributed by atoms with Crippen LogP contribution in [0.15, 0.2) is 28.7 Å². The lowest BCUT2D eigenvalue weighted by Gasteiger charge is -2.29. The predicted molar refractivity (Wildman–Crippen MR) is 77.2 cm³/mol. The monoisotopic (exact) mass is 290 g/mol. The number of aliphatic hydroxyl groups is 1. The normalized spacial score (nSPS) is 19.9. The van der Waals surface area contributed by atoms with Crippen molar-refractivity contribution in [3.05, 3.63) is 41.5 Å². The van der Waals surface area contributed by atoms with Crippen LogP contribution in [-0.4, -0.2) is 34.2 Å². The van der Waals surface area contributed by atoms with Crippen LogP contribution in [0.1, 0.15) is 24.3 Å². The molecule has 1 aliphatic heterocycles. The Kier molecular flexibility index (Phi) is 4.03.